The van der Waals surface area contributed by atoms with E-state index in [1.165, 1.54) is 6.07 Å². The Kier molecular flexibility index (Phi) is 6.78. The number of hydrogen-bond acceptors (Lipinski definition) is 5. The standard InChI is InChI=1S/C26H18ClF5N4O2/c27-17-5-3-14(11-16(17)26(30,31)32)25(37)35-19-7-8-21(24(29)23(19)28)38-15-4-6-18-20(12-15)34-22(13-33-18)36-9-1-2-10-36/h3-8,11-13H,1-2,9-10H2,(H,35,37). The normalized spacial score (nSPS) is 13.7. The van der Waals surface area contributed by atoms with Crippen molar-refractivity contribution in [3.8, 4) is 11.5 Å². The Morgan fingerprint density at radius 3 is 2.47 bits per heavy atom. The average molecular weight is 549 g/mol. The van der Waals surface area contributed by atoms with Crippen LogP contribution >= 0.6 is 11.6 Å². The van der Waals surface area contributed by atoms with E-state index in [-0.39, 0.29) is 5.75 Å². The number of anilines is 2. The quantitative estimate of drug-likeness (QED) is 0.267. The topological polar surface area (TPSA) is 67.3 Å². The van der Waals surface area contributed by atoms with Crippen molar-refractivity contribution in [3.63, 3.8) is 0 Å². The summed E-state index contributed by atoms with van der Waals surface area (Å²) in [6.07, 6.45) is -0.977. The first-order chi connectivity index (χ1) is 18.1. The van der Waals surface area contributed by atoms with Gasteiger partial charge in [0, 0.05) is 24.7 Å². The summed E-state index contributed by atoms with van der Waals surface area (Å²) < 4.78 is 74.3. The number of nitrogens with zero attached hydrogens (tertiary/aromatic N) is 3. The fourth-order valence-corrected chi connectivity index (χ4v) is 4.28. The third-order valence-electron chi connectivity index (χ3n) is 5.99. The number of nitrogens with one attached hydrogen (secondary N) is 1. The van der Waals surface area contributed by atoms with Gasteiger partial charge in [-0.3, -0.25) is 9.78 Å². The first-order valence-corrected chi connectivity index (χ1v) is 11.8. The molecule has 1 saturated heterocycles. The van der Waals surface area contributed by atoms with Gasteiger partial charge in [-0.15, -0.1) is 0 Å². The lowest BCUT2D eigenvalue weighted by Gasteiger charge is -2.16. The zero-order chi connectivity index (χ0) is 27.0. The molecule has 0 aliphatic carbocycles. The van der Waals surface area contributed by atoms with E-state index < -0.39 is 51.3 Å². The van der Waals surface area contributed by atoms with Crippen molar-refractivity contribution in [2.75, 3.05) is 23.3 Å². The highest BCUT2D eigenvalue weighted by molar-refractivity contribution is 6.31. The Balaban J connectivity index is 1.35. The van der Waals surface area contributed by atoms with Crippen molar-refractivity contribution < 1.29 is 31.5 Å². The van der Waals surface area contributed by atoms with Crippen LogP contribution in [0.15, 0.2) is 54.7 Å². The molecule has 0 saturated carbocycles. The number of fused-ring (bicyclic) bond motifs is 1. The summed E-state index contributed by atoms with van der Waals surface area (Å²) in [6, 6.07) is 9.31. The highest BCUT2D eigenvalue weighted by Crippen LogP contribution is 2.36. The summed E-state index contributed by atoms with van der Waals surface area (Å²) in [4.78, 5) is 23.5. The Hall–Kier alpha value is -3.99. The maximum absolute atomic E-state index is 14.8. The van der Waals surface area contributed by atoms with Gasteiger partial charge in [0.2, 0.25) is 5.82 Å². The minimum Gasteiger partial charge on any atom is -0.454 e. The van der Waals surface area contributed by atoms with Crippen molar-refractivity contribution in [3.05, 3.63) is 82.5 Å². The molecular formula is C26H18ClF5N4O2. The highest BCUT2D eigenvalue weighted by Gasteiger charge is 2.34. The summed E-state index contributed by atoms with van der Waals surface area (Å²) in [5.41, 5.74) is -1.14. The molecule has 6 nitrogen and oxygen atoms in total. The predicted octanol–water partition coefficient (Wildman–Crippen LogP) is 7.23. The lowest BCUT2D eigenvalue weighted by Crippen LogP contribution is -2.19. The van der Waals surface area contributed by atoms with E-state index >= 15 is 0 Å². The third-order valence-corrected chi connectivity index (χ3v) is 6.32. The second-order valence-electron chi connectivity index (χ2n) is 8.56. The predicted molar refractivity (Wildman–Crippen MR) is 132 cm³/mol. The third kappa shape index (κ3) is 5.19. The van der Waals surface area contributed by atoms with Gasteiger partial charge in [0.05, 0.1) is 33.5 Å². The molecule has 4 aromatic rings. The fourth-order valence-electron chi connectivity index (χ4n) is 4.06. The van der Waals surface area contributed by atoms with E-state index in [0.29, 0.717) is 22.9 Å². The second-order valence-corrected chi connectivity index (χ2v) is 8.97. The molecule has 1 aromatic heterocycles. The van der Waals surface area contributed by atoms with Crippen LogP contribution in [0.2, 0.25) is 5.02 Å². The van der Waals surface area contributed by atoms with Gasteiger partial charge >= 0.3 is 6.18 Å². The number of aromatic nitrogens is 2. The molecule has 2 heterocycles. The minimum atomic E-state index is -4.80. The molecule has 0 bridgehead atoms. The fraction of sp³-hybridized carbons (Fsp3) is 0.192. The van der Waals surface area contributed by atoms with Gasteiger partial charge in [-0.25, -0.2) is 9.37 Å². The van der Waals surface area contributed by atoms with E-state index in [4.69, 9.17) is 16.3 Å². The van der Waals surface area contributed by atoms with Crippen LogP contribution < -0.4 is 15.0 Å². The average Bonchev–Trinajstić information content (AvgIpc) is 3.43. The molecule has 1 aliphatic rings. The van der Waals surface area contributed by atoms with Crippen LogP contribution in [0, 0.1) is 11.6 Å². The molecule has 5 rings (SSSR count). The van der Waals surface area contributed by atoms with Gasteiger partial charge in [0.25, 0.3) is 5.91 Å². The van der Waals surface area contributed by atoms with Crippen LogP contribution in [0.5, 0.6) is 11.5 Å². The molecule has 1 N–H and O–H groups in total. The largest absolute Gasteiger partial charge is 0.454 e. The van der Waals surface area contributed by atoms with Crippen molar-refractivity contribution in [1.82, 2.24) is 9.97 Å². The molecule has 0 radical (unpaired) electrons. The highest BCUT2D eigenvalue weighted by atomic mass is 35.5. The van der Waals surface area contributed by atoms with Crippen molar-refractivity contribution in [2.24, 2.45) is 0 Å². The molecule has 0 spiro atoms. The number of ether oxygens (including phenoxy) is 1. The van der Waals surface area contributed by atoms with Crippen LogP contribution in [-0.2, 0) is 6.18 Å². The molecule has 1 aliphatic heterocycles. The molecule has 3 aromatic carbocycles. The van der Waals surface area contributed by atoms with Crippen molar-refractivity contribution >= 4 is 40.0 Å². The lowest BCUT2D eigenvalue weighted by atomic mass is 10.1. The van der Waals surface area contributed by atoms with E-state index in [1.54, 1.807) is 18.3 Å². The second kappa shape index (κ2) is 10.1. The SMILES string of the molecule is O=C(Nc1ccc(Oc2ccc3ncc(N4CCCC4)nc3c2)c(F)c1F)c1ccc(Cl)c(C(F)(F)F)c1. The molecular weight excluding hydrogens is 531 g/mol. The molecule has 0 unspecified atom stereocenters. The van der Waals surface area contributed by atoms with Crippen LogP contribution in [-0.4, -0.2) is 29.0 Å². The number of carbonyl (C=O) groups excluding carboxylic acids is 1. The van der Waals surface area contributed by atoms with E-state index in [2.05, 4.69) is 20.2 Å². The zero-order valence-corrected chi connectivity index (χ0v) is 20.2. The molecule has 1 amide bonds. The number of rotatable bonds is 5. The summed E-state index contributed by atoms with van der Waals surface area (Å²) in [5, 5.41) is 1.47. The summed E-state index contributed by atoms with van der Waals surface area (Å²) in [5.74, 6) is -3.49. The molecule has 1 fully saturated rings. The Bertz CT molecular complexity index is 1540. The summed E-state index contributed by atoms with van der Waals surface area (Å²) in [7, 11) is 0. The number of alkyl halides is 3. The number of amides is 1. The smallest absolute Gasteiger partial charge is 0.417 e. The molecule has 0 atom stereocenters. The number of hydrogen-bond donors (Lipinski definition) is 1. The van der Waals surface area contributed by atoms with E-state index in [0.717, 1.165) is 50.2 Å². The Morgan fingerprint density at radius 2 is 1.74 bits per heavy atom. The zero-order valence-electron chi connectivity index (χ0n) is 19.5. The monoisotopic (exact) mass is 548 g/mol. The number of benzene rings is 3. The van der Waals surface area contributed by atoms with Crippen molar-refractivity contribution in [2.45, 2.75) is 19.0 Å². The Labute approximate surface area is 218 Å². The lowest BCUT2D eigenvalue weighted by molar-refractivity contribution is -0.137. The maximum Gasteiger partial charge on any atom is 0.417 e. The van der Waals surface area contributed by atoms with Crippen LogP contribution in [0.25, 0.3) is 11.0 Å². The minimum absolute atomic E-state index is 0.182. The van der Waals surface area contributed by atoms with Gasteiger partial charge in [-0.1, -0.05) is 11.6 Å². The summed E-state index contributed by atoms with van der Waals surface area (Å²) in [6.45, 7) is 1.76. The first-order valence-electron chi connectivity index (χ1n) is 11.5. The van der Waals surface area contributed by atoms with Gasteiger partial charge < -0.3 is 15.0 Å². The molecule has 38 heavy (non-hydrogen) atoms. The van der Waals surface area contributed by atoms with Gasteiger partial charge in [-0.05, 0) is 55.3 Å². The van der Waals surface area contributed by atoms with Crippen LogP contribution in [0.3, 0.4) is 0 Å². The van der Waals surface area contributed by atoms with Crippen LogP contribution in [0.4, 0.5) is 33.5 Å². The van der Waals surface area contributed by atoms with Crippen LogP contribution in [0.1, 0.15) is 28.8 Å². The molecule has 12 heteroatoms. The first kappa shape index (κ1) is 25.7. The van der Waals surface area contributed by atoms with E-state index in [1.807, 2.05) is 0 Å². The maximum atomic E-state index is 14.8. The van der Waals surface area contributed by atoms with Gasteiger partial charge in [-0.2, -0.15) is 17.6 Å². The summed E-state index contributed by atoms with van der Waals surface area (Å²) >= 11 is 5.56. The van der Waals surface area contributed by atoms with Crippen molar-refractivity contribution in [1.29, 1.82) is 0 Å². The van der Waals surface area contributed by atoms with E-state index in [9.17, 15) is 26.7 Å². The van der Waals surface area contributed by atoms with Gasteiger partial charge in [0.1, 0.15) is 11.6 Å². The molecule has 196 valence electrons. The number of carbonyl (C=O) groups is 1. The number of halogens is 6. The van der Waals surface area contributed by atoms with Gasteiger partial charge in [0.15, 0.2) is 11.6 Å². The Morgan fingerprint density at radius 1 is 0.974 bits per heavy atom.